The molecule has 0 aliphatic carbocycles. The second kappa shape index (κ2) is 5.64. The van der Waals surface area contributed by atoms with Gasteiger partial charge in [-0.2, -0.15) is 5.26 Å². The zero-order chi connectivity index (χ0) is 16.7. The van der Waals surface area contributed by atoms with E-state index in [1.807, 2.05) is 36.4 Å². The molecule has 0 fully saturated rings. The van der Waals surface area contributed by atoms with E-state index < -0.39 is 6.23 Å². The second-order valence-electron chi connectivity index (χ2n) is 5.46. The molecule has 1 aromatic heterocycles. The van der Waals surface area contributed by atoms with Crippen molar-refractivity contribution < 1.29 is 4.74 Å². The number of aromatic nitrogens is 1. The lowest BCUT2D eigenvalue weighted by Crippen LogP contribution is -2.33. The summed E-state index contributed by atoms with van der Waals surface area (Å²) < 4.78 is 5.83. The molecule has 0 spiro atoms. The van der Waals surface area contributed by atoms with E-state index in [9.17, 15) is 5.26 Å². The fraction of sp³-hybridized carbons (Fsp3) is 0.0526. The lowest BCUT2D eigenvalue weighted by molar-refractivity contribution is 0.248. The fourth-order valence-corrected chi connectivity index (χ4v) is 3.08. The van der Waals surface area contributed by atoms with Crippen LogP contribution in [0.3, 0.4) is 0 Å². The molecule has 1 aliphatic heterocycles. The van der Waals surface area contributed by atoms with E-state index in [-0.39, 0.29) is 0 Å². The summed E-state index contributed by atoms with van der Waals surface area (Å²) in [4.78, 5) is 4.41. The van der Waals surface area contributed by atoms with Crippen LogP contribution in [0.2, 0.25) is 5.02 Å². The van der Waals surface area contributed by atoms with Gasteiger partial charge in [0, 0.05) is 27.7 Å². The van der Waals surface area contributed by atoms with Crippen molar-refractivity contribution in [2.75, 3.05) is 0 Å². The van der Waals surface area contributed by atoms with Crippen molar-refractivity contribution in [1.82, 2.24) is 4.98 Å². The molecule has 0 saturated heterocycles. The van der Waals surface area contributed by atoms with Gasteiger partial charge in [-0.25, -0.2) is 0 Å². The fourth-order valence-electron chi connectivity index (χ4n) is 2.95. The molecule has 2 aromatic carbocycles. The first-order valence-corrected chi connectivity index (χ1v) is 7.77. The van der Waals surface area contributed by atoms with Crippen LogP contribution in [-0.2, 0) is 0 Å². The van der Waals surface area contributed by atoms with Gasteiger partial charge in [0.25, 0.3) is 0 Å². The predicted molar refractivity (Wildman–Crippen MR) is 93.4 cm³/mol. The van der Waals surface area contributed by atoms with Gasteiger partial charge in [0.2, 0.25) is 0 Å². The number of halogens is 1. The molecule has 4 nitrogen and oxygen atoms in total. The number of nitrogens with zero attached hydrogens (tertiary/aromatic N) is 2. The minimum Gasteiger partial charge on any atom is -0.468 e. The first-order valence-electron chi connectivity index (χ1n) is 7.39. The summed E-state index contributed by atoms with van der Waals surface area (Å²) in [5, 5.41) is 11.2. The van der Waals surface area contributed by atoms with Crippen LogP contribution in [0.25, 0.3) is 16.5 Å². The molecule has 1 aliphatic rings. The Morgan fingerprint density at radius 2 is 1.92 bits per heavy atom. The largest absolute Gasteiger partial charge is 0.468 e. The molecule has 1 atom stereocenters. The molecule has 3 aromatic rings. The van der Waals surface area contributed by atoms with Crippen molar-refractivity contribution in [2.24, 2.45) is 5.73 Å². The van der Waals surface area contributed by atoms with Crippen LogP contribution in [0.5, 0.6) is 5.75 Å². The van der Waals surface area contributed by atoms with Crippen molar-refractivity contribution in [3.8, 4) is 11.8 Å². The van der Waals surface area contributed by atoms with Crippen LogP contribution < -0.4 is 10.5 Å². The lowest BCUT2D eigenvalue weighted by Gasteiger charge is -2.26. The van der Waals surface area contributed by atoms with Crippen LogP contribution in [0.4, 0.5) is 0 Å². The number of pyridine rings is 1. The summed E-state index contributed by atoms with van der Waals surface area (Å²) >= 11 is 5.99. The Bertz CT molecular complexity index is 1020. The normalized spacial score (nSPS) is 16.5. The molecule has 2 heterocycles. The van der Waals surface area contributed by atoms with Crippen LogP contribution in [-0.4, -0.2) is 11.2 Å². The molecule has 0 radical (unpaired) electrons. The average molecular weight is 334 g/mol. The van der Waals surface area contributed by atoms with Gasteiger partial charge in [0.1, 0.15) is 11.6 Å². The van der Waals surface area contributed by atoms with Crippen LogP contribution in [0.15, 0.2) is 60.3 Å². The highest BCUT2D eigenvalue weighted by molar-refractivity contribution is 6.30. The number of hydrogen-bond acceptors (Lipinski definition) is 4. The Labute approximate surface area is 143 Å². The van der Waals surface area contributed by atoms with Crippen molar-refractivity contribution >= 4 is 28.1 Å². The number of nitrogens with two attached hydrogens (primary N) is 1. The number of fused-ring (bicyclic) bond motifs is 3. The van der Waals surface area contributed by atoms with Crippen molar-refractivity contribution in [3.05, 3.63) is 76.5 Å². The Balaban J connectivity index is 2.05. The summed E-state index contributed by atoms with van der Waals surface area (Å²) in [5.74, 6) is 0.601. The zero-order valence-corrected chi connectivity index (χ0v) is 13.3. The van der Waals surface area contributed by atoms with Gasteiger partial charge in [0.15, 0.2) is 12.0 Å². The maximum Gasteiger partial charge on any atom is 0.184 e. The molecule has 116 valence electrons. The molecule has 2 N–H and O–H groups in total. The van der Waals surface area contributed by atoms with E-state index >= 15 is 0 Å². The molecule has 24 heavy (non-hydrogen) atoms. The highest BCUT2D eigenvalue weighted by Gasteiger charge is 2.29. The van der Waals surface area contributed by atoms with Gasteiger partial charge in [-0.1, -0.05) is 35.9 Å². The number of hydrogen-bond donors (Lipinski definition) is 1. The molecular weight excluding hydrogens is 322 g/mol. The molecule has 5 heteroatoms. The van der Waals surface area contributed by atoms with Crippen LogP contribution >= 0.6 is 11.6 Å². The van der Waals surface area contributed by atoms with Gasteiger partial charge in [-0.3, -0.25) is 10.7 Å². The summed E-state index contributed by atoms with van der Waals surface area (Å²) in [6, 6.07) is 17.2. The second-order valence-corrected chi connectivity index (χ2v) is 5.90. The summed E-state index contributed by atoms with van der Waals surface area (Å²) in [6.45, 7) is 0. The number of nitriles is 1. The Morgan fingerprint density at radius 3 is 2.67 bits per heavy atom. The third-order valence-electron chi connectivity index (χ3n) is 4.05. The molecule has 4 rings (SSSR count). The first-order chi connectivity index (χ1) is 11.7. The summed E-state index contributed by atoms with van der Waals surface area (Å²) in [5.41, 5.74) is 9.65. The summed E-state index contributed by atoms with van der Waals surface area (Å²) in [7, 11) is 0. The first kappa shape index (κ1) is 14.7. The number of rotatable bonds is 1. The zero-order valence-electron chi connectivity index (χ0n) is 12.5. The standard InChI is InChI=1S/C19H12ClN3O/c20-13-6-3-11(4-7-13)16-14-8-5-12-2-1-9-23-17(12)18(14)24-19(22)15(16)10-21/h1-9,19H,22H2/t19-/m1/s1. The Morgan fingerprint density at radius 1 is 1.12 bits per heavy atom. The maximum atomic E-state index is 9.58. The van der Waals surface area contributed by atoms with Gasteiger partial charge >= 0.3 is 0 Å². The molecule has 0 amide bonds. The number of benzene rings is 2. The van der Waals surface area contributed by atoms with Crippen molar-refractivity contribution in [3.63, 3.8) is 0 Å². The highest BCUT2D eigenvalue weighted by Crippen LogP contribution is 2.42. The van der Waals surface area contributed by atoms with E-state index in [0.717, 1.165) is 27.6 Å². The molecule has 0 saturated carbocycles. The smallest absolute Gasteiger partial charge is 0.184 e. The van der Waals surface area contributed by atoms with Crippen molar-refractivity contribution in [2.45, 2.75) is 6.23 Å². The van der Waals surface area contributed by atoms with Gasteiger partial charge in [-0.05, 0) is 29.8 Å². The Kier molecular flexibility index (Phi) is 3.46. The third kappa shape index (κ3) is 2.23. The highest BCUT2D eigenvalue weighted by atomic mass is 35.5. The van der Waals surface area contributed by atoms with E-state index in [4.69, 9.17) is 22.1 Å². The molecule has 0 unspecified atom stereocenters. The van der Waals surface area contributed by atoms with Gasteiger partial charge < -0.3 is 4.74 Å². The van der Waals surface area contributed by atoms with Crippen molar-refractivity contribution in [1.29, 1.82) is 5.26 Å². The third-order valence-corrected chi connectivity index (χ3v) is 4.30. The lowest BCUT2D eigenvalue weighted by atomic mass is 9.89. The maximum absolute atomic E-state index is 9.58. The van der Waals surface area contributed by atoms with E-state index in [2.05, 4.69) is 11.1 Å². The number of ether oxygens (including phenoxy) is 1. The van der Waals surface area contributed by atoms with Gasteiger partial charge in [0.05, 0.1) is 5.57 Å². The topological polar surface area (TPSA) is 71.9 Å². The monoisotopic (exact) mass is 333 g/mol. The van der Waals surface area contributed by atoms with E-state index in [1.54, 1.807) is 18.3 Å². The minimum atomic E-state index is -0.833. The van der Waals surface area contributed by atoms with Crippen LogP contribution in [0, 0.1) is 11.3 Å². The van der Waals surface area contributed by atoms with E-state index in [0.29, 0.717) is 16.3 Å². The van der Waals surface area contributed by atoms with Crippen LogP contribution in [0.1, 0.15) is 11.1 Å². The molecular formula is C19H12ClN3O. The summed E-state index contributed by atoms with van der Waals surface area (Å²) in [6.07, 6.45) is 0.879. The van der Waals surface area contributed by atoms with Gasteiger partial charge in [-0.15, -0.1) is 0 Å². The predicted octanol–water partition coefficient (Wildman–Crippen LogP) is 3.89. The molecule has 0 bridgehead atoms. The minimum absolute atomic E-state index is 0.389. The van der Waals surface area contributed by atoms with E-state index in [1.165, 1.54) is 0 Å². The quantitative estimate of drug-likeness (QED) is 0.733. The Hall–Kier alpha value is -2.87. The SMILES string of the molecule is N#CC1=C(c2ccc(Cl)cc2)c2ccc3cccnc3c2O[C@H]1N. The average Bonchev–Trinajstić information content (AvgIpc) is 2.61.